The Hall–Kier alpha value is -2.07. The number of halogens is 1. The number of methoxy groups -OCH3 is 1. The number of imidazole rings is 1. The number of rotatable bonds is 3. The van der Waals surface area contributed by atoms with E-state index in [4.69, 9.17) is 4.74 Å². The van der Waals surface area contributed by atoms with E-state index in [9.17, 15) is 0 Å². The second-order valence-electron chi connectivity index (χ2n) is 6.47. The van der Waals surface area contributed by atoms with Crippen LogP contribution in [-0.4, -0.2) is 11.7 Å². The number of nitrogens with zero attached hydrogens (tertiary/aromatic N) is 2. The number of hydrogen-bond donors (Lipinski definition) is 0. The fourth-order valence-electron chi connectivity index (χ4n) is 3.58. The van der Waals surface area contributed by atoms with Crippen molar-refractivity contribution in [3.05, 3.63) is 65.0 Å². The molecule has 2 heterocycles. The lowest BCUT2D eigenvalue weighted by atomic mass is 10.1. The Labute approximate surface area is 157 Å². The highest BCUT2D eigenvalue weighted by Crippen LogP contribution is 2.28. The Morgan fingerprint density at radius 3 is 2.44 bits per heavy atom. The molecule has 1 aliphatic rings. The smallest absolute Gasteiger partial charge is 0.262 e. The lowest BCUT2D eigenvalue weighted by Gasteiger charge is -2.06. The molecule has 0 aliphatic carbocycles. The van der Waals surface area contributed by atoms with Gasteiger partial charge in [0.25, 0.3) is 5.82 Å². The van der Waals surface area contributed by atoms with E-state index in [-0.39, 0.29) is 0 Å². The van der Waals surface area contributed by atoms with Crippen LogP contribution in [0.25, 0.3) is 16.9 Å². The first-order valence-corrected chi connectivity index (χ1v) is 9.60. The Morgan fingerprint density at radius 1 is 0.960 bits per heavy atom. The van der Waals surface area contributed by atoms with E-state index in [1.807, 2.05) is 12.1 Å². The molecule has 2 aromatic carbocycles. The molecule has 0 N–H and O–H groups in total. The number of benzene rings is 2. The van der Waals surface area contributed by atoms with Crippen LogP contribution < -0.4 is 9.30 Å². The van der Waals surface area contributed by atoms with Gasteiger partial charge in [-0.15, -0.1) is 0 Å². The number of aromatic nitrogens is 2. The van der Waals surface area contributed by atoms with E-state index in [0.29, 0.717) is 0 Å². The molecular weight excluding hydrogens is 376 g/mol. The molecule has 0 spiro atoms. The molecule has 0 amide bonds. The van der Waals surface area contributed by atoms with Gasteiger partial charge in [-0.05, 0) is 67.8 Å². The van der Waals surface area contributed by atoms with Gasteiger partial charge in [0.1, 0.15) is 17.6 Å². The molecule has 0 unspecified atom stereocenters. The molecule has 0 saturated carbocycles. The molecule has 0 fully saturated rings. The summed E-state index contributed by atoms with van der Waals surface area (Å²) >= 11 is 3.55. The highest BCUT2D eigenvalue weighted by atomic mass is 79.9. The Balaban J connectivity index is 1.89. The van der Waals surface area contributed by atoms with Crippen molar-refractivity contribution in [2.75, 3.05) is 7.11 Å². The molecular formula is C21H22BrN2O+. The van der Waals surface area contributed by atoms with E-state index in [0.717, 1.165) is 23.2 Å². The van der Waals surface area contributed by atoms with Crippen molar-refractivity contribution in [3.8, 4) is 22.7 Å². The van der Waals surface area contributed by atoms with Crippen molar-refractivity contribution in [1.82, 2.24) is 4.57 Å². The minimum atomic E-state index is 0.889. The second kappa shape index (κ2) is 7.04. The van der Waals surface area contributed by atoms with Crippen LogP contribution in [-0.2, 0) is 13.0 Å². The first kappa shape index (κ1) is 16.4. The first-order chi connectivity index (χ1) is 12.3. The molecule has 3 aromatic rings. The van der Waals surface area contributed by atoms with Gasteiger partial charge < -0.3 is 4.74 Å². The van der Waals surface area contributed by atoms with Crippen molar-refractivity contribution in [1.29, 1.82) is 0 Å². The fraction of sp³-hybridized carbons (Fsp3) is 0.286. The van der Waals surface area contributed by atoms with Crippen LogP contribution in [0.2, 0.25) is 0 Å². The molecule has 1 aromatic heterocycles. The SMILES string of the molecule is COc1ccc(-c2c[n+]3c(n2-c2ccc(Br)cc2)CCCCC3)cc1. The number of fused-ring (bicyclic) bond motifs is 1. The summed E-state index contributed by atoms with van der Waals surface area (Å²) in [5.41, 5.74) is 3.66. The van der Waals surface area contributed by atoms with Crippen molar-refractivity contribution >= 4 is 15.9 Å². The summed E-state index contributed by atoms with van der Waals surface area (Å²) in [6.07, 6.45) is 7.24. The van der Waals surface area contributed by atoms with Gasteiger partial charge in [0.05, 0.1) is 13.7 Å². The van der Waals surface area contributed by atoms with Crippen molar-refractivity contribution < 1.29 is 9.30 Å². The first-order valence-electron chi connectivity index (χ1n) is 8.81. The van der Waals surface area contributed by atoms with Gasteiger partial charge in [-0.2, -0.15) is 4.57 Å². The maximum Gasteiger partial charge on any atom is 0.262 e. The van der Waals surface area contributed by atoms with Crippen LogP contribution in [0.3, 0.4) is 0 Å². The largest absolute Gasteiger partial charge is 0.497 e. The molecule has 1 aliphatic heterocycles. The minimum Gasteiger partial charge on any atom is -0.497 e. The molecule has 0 radical (unpaired) electrons. The van der Waals surface area contributed by atoms with Crippen LogP contribution in [0, 0.1) is 0 Å². The standard InChI is InChI=1S/C21H22BrN2O/c1-25-19-12-6-16(7-13-19)20-15-23-14-4-2-3-5-21(23)24(20)18-10-8-17(22)9-11-18/h6-13,15H,2-5,14H2,1H3/q+1. The van der Waals surface area contributed by atoms with E-state index in [2.05, 4.69) is 67.7 Å². The third kappa shape index (κ3) is 3.23. The molecule has 3 nitrogen and oxygen atoms in total. The van der Waals surface area contributed by atoms with E-state index in [1.54, 1.807) is 7.11 Å². The van der Waals surface area contributed by atoms with Crippen LogP contribution in [0.15, 0.2) is 59.2 Å². The fourth-order valence-corrected chi connectivity index (χ4v) is 3.85. The number of ether oxygens (including phenoxy) is 1. The highest BCUT2D eigenvalue weighted by molar-refractivity contribution is 9.10. The average Bonchev–Trinajstić information content (AvgIpc) is 2.85. The topological polar surface area (TPSA) is 18.0 Å². The summed E-state index contributed by atoms with van der Waals surface area (Å²) < 4.78 is 11.3. The number of hydrogen-bond acceptors (Lipinski definition) is 1. The zero-order valence-corrected chi connectivity index (χ0v) is 16.0. The highest BCUT2D eigenvalue weighted by Gasteiger charge is 2.27. The van der Waals surface area contributed by atoms with Crippen molar-refractivity contribution in [2.45, 2.75) is 32.2 Å². The monoisotopic (exact) mass is 397 g/mol. The van der Waals surface area contributed by atoms with Gasteiger partial charge in [-0.1, -0.05) is 15.9 Å². The minimum absolute atomic E-state index is 0.889. The van der Waals surface area contributed by atoms with Crippen LogP contribution in [0.4, 0.5) is 0 Å². The Bertz CT molecular complexity index is 866. The third-order valence-corrected chi connectivity index (χ3v) is 5.41. The summed E-state index contributed by atoms with van der Waals surface area (Å²) in [5.74, 6) is 2.28. The van der Waals surface area contributed by atoms with E-state index >= 15 is 0 Å². The predicted octanol–water partition coefficient (Wildman–Crippen LogP) is 4.93. The molecule has 4 heteroatoms. The lowest BCUT2D eigenvalue weighted by molar-refractivity contribution is -0.702. The maximum atomic E-state index is 5.31. The van der Waals surface area contributed by atoms with Gasteiger partial charge in [0.15, 0.2) is 5.69 Å². The lowest BCUT2D eigenvalue weighted by Crippen LogP contribution is -2.35. The van der Waals surface area contributed by atoms with Crippen molar-refractivity contribution in [3.63, 3.8) is 0 Å². The van der Waals surface area contributed by atoms with Crippen molar-refractivity contribution in [2.24, 2.45) is 0 Å². The average molecular weight is 398 g/mol. The predicted molar refractivity (Wildman–Crippen MR) is 103 cm³/mol. The zero-order valence-electron chi connectivity index (χ0n) is 14.4. The molecule has 0 atom stereocenters. The quantitative estimate of drug-likeness (QED) is 0.573. The van der Waals surface area contributed by atoms with Crippen LogP contribution >= 0.6 is 15.9 Å². The van der Waals surface area contributed by atoms with E-state index in [1.165, 1.54) is 42.0 Å². The summed E-state index contributed by atoms with van der Waals surface area (Å²) in [4.78, 5) is 0. The van der Waals surface area contributed by atoms with Crippen LogP contribution in [0.1, 0.15) is 25.1 Å². The van der Waals surface area contributed by atoms with Gasteiger partial charge in [0, 0.05) is 16.5 Å². The van der Waals surface area contributed by atoms with Gasteiger partial charge in [0.2, 0.25) is 0 Å². The molecule has 0 bridgehead atoms. The second-order valence-corrected chi connectivity index (χ2v) is 7.39. The van der Waals surface area contributed by atoms with Gasteiger partial charge in [-0.25, -0.2) is 4.57 Å². The summed E-state index contributed by atoms with van der Waals surface area (Å²) in [7, 11) is 1.71. The summed E-state index contributed by atoms with van der Waals surface area (Å²) in [5, 5.41) is 0. The summed E-state index contributed by atoms with van der Waals surface area (Å²) in [6.45, 7) is 1.10. The molecule has 0 saturated heterocycles. The molecule has 25 heavy (non-hydrogen) atoms. The van der Waals surface area contributed by atoms with E-state index < -0.39 is 0 Å². The molecule has 4 rings (SSSR count). The van der Waals surface area contributed by atoms with Gasteiger partial charge in [-0.3, -0.25) is 0 Å². The van der Waals surface area contributed by atoms with Crippen LogP contribution in [0.5, 0.6) is 5.75 Å². The van der Waals surface area contributed by atoms with Gasteiger partial charge >= 0.3 is 0 Å². The summed E-state index contributed by atoms with van der Waals surface area (Å²) in [6, 6.07) is 16.9. The zero-order chi connectivity index (χ0) is 17.2. The number of aryl methyl sites for hydroxylation is 1. The maximum absolute atomic E-state index is 5.31. The molecule has 128 valence electrons. The third-order valence-electron chi connectivity index (χ3n) is 4.88. The Kier molecular flexibility index (Phi) is 4.62. The Morgan fingerprint density at radius 2 is 1.72 bits per heavy atom. The normalized spacial score (nSPS) is 14.0.